The van der Waals surface area contributed by atoms with Gasteiger partial charge < -0.3 is 15.2 Å². The van der Waals surface area contributed by atoms with Crippen molar-refractivity contribution >= 4 is 23.5 Å². The second kappa shape index (κ2) is 7.21. The second-order valence-corrected chi connectivity index (χ2v) is 5.66. The summed E-state index contributed by atoms with van der Waals surface area (Å²) in [5.41, 5.74) is 6.97. The third-order valence-electron chi connectivity index (χ3n) is 3.71. The number of hydrogen-bond donors (Lipinski definition) is 1. The van der Waals surface area contributed by atoms with E-state index < -0.39 is 0 Å². The van der Waals surface area contributed by atoms with Gasteiger partial charge in [0.25, 0.3) is 5.91 Å². The number of nitrogens with zero attached hydrogens (tertiary/aromatic N) is 2. The number of fused-ring (bicyclic) bond motifs is 1. The average Bonchev–Trinajstić information content (AvgIpc) is 2.62. The fourth-order valence-electron chi connectivity index (χ4n) is 2.51. The van der Waals surface area contributed by atoms with Gasteiger partial charge in [-0.25, -0.2) is 9.78 Å². The minimum absolute atomic E-state index is 0.0587. The Morgan fingerprint density at radius 2 is 2.20 bits per heavy atom. The number of nitrogen functional groups attached to an aromatic ring is 1. The van der Waals surface area contributed by atoms with Crippen LogP contribution >= 0.6 is 0 Å². The molecule has 2 heterocycles. The van der Waals surface area contributed by atoms with Crippen LogP contribution in [0.2, 0.25) is 0 Å². The van der Waals surface area contributed by atoms with E-state index in [1.165, 1.54) is 4.90 Å². The highest BCUT2D eigenvalue weighted by molar-refractivity contribution is 5.97. The molecule has 1 aliphatic rings. The summed E-state index contributed by atoms with van der Waals surface area (Å²) in [6.07, 6.45) is 0.761. The lowest BCUT2D eigenvalue weighted by Gasteiger charge is -2.28. The Kier molecular flexibility index (Phi) is 4.83. The lowest BCUT2D eigenvalue weighted by atomic mass is 10.1. The molecule has 2 aromatic rings. The quantitative estimate of drug-likeness (QED) is 0.838. The van der Waals surface area contributed by atoms with Crippen molar-refractivity contribution in [2.45, 2.75) is 19.9 Å². The van der Waals surface area contributed by atoms with Crippen molar-refractivity contribution < 1.29 is 19.1 Å². The smallest absolute Gasteiger partial charge is 0.338 e. The number of anilines is 2. The summed E-state index contributed by atoms with van der Waals surface area (Å²) in [6.45, 7) is 2.52. The molecule has 1 aromatic carbocycles. The fourth-order valence-corrected chi connectivity index (χ4v) is 2.51. The van der Waals surface area contributed by atoms with Crippen molar-refractivity contribution in [1.82, 2.24) is 4.98 Å². The molecule has 0 saturated heterocycles. The summed E-state index contributed by atoms with van der Waals surface area (Å²) in [5, 5.41) is 0. The van der Waals surface area contributed by atoms with Crippen molar-refractivity contribution in [3.8, 4) is 5.75 Å². The predicted molar refractivity (Wildman–Crippen MR) is 92.3 cm³/mol. The maximum Gasteiger partial charge on any atom is 0.338 e. The summed E-state index contributed by atoms with van der Waals surface area (Å²) in [4.78, 5) is 30.0. The van der Waals surface area contributed by atoms with Crippen LogP contribution in [0.4, 0.5) is 11.6 Å². The number of carbonyl (C=O) groups excluding carboxylic acids is 2. The molecule has 0 fully saturated rings. The zero-order valence-electron chi connectivity index (χ0n) is 13.9. The van der Waals surface area contributed by atoms with Crippen molar-refractivity contribution in [2.75, 3.05) is 23.8 Å². The van der Waals surface area contributed by atoms with Gasteiger partial charge in [-0.1, -0.05) is 19.1 Å². The Morgan fingerprint density at radius 3 is 3.00 bits per heavy atom. The van der Waals surface area contributed by atoms with E-state index in [-0.39, 0.29) is 25.0 Å². The topological polar surface area (TPSA) is 94.8 Å². The van der Waals surface area contributed by atoms with Crippen molar-refractivity contribution in [2.24, 2.45) is 0 Å². The Morgan fingerprint density at radius 1 is 1.36 bits per heavy atom. The lowest BCUT2D eigenvalue weighted by molar-refractivity contribution is -0.121. The number of hydrogen-bond acceptors (Lipinski definition) is 6. The summed E-state index contributed by atoms with van der Waals surface area (Å²) >= 11 is 0. The molecule has 7 nitrogen and oxygen atoms in total. The summed E-state index contributed by atoms with van der Waals surface area (Å²) < 4.78 is 10.5. The van der Waals surface area contributed by atoms with E-state index in [1.807, 2.05) is 13.0 Å². The fraction of sp³-hybridized carbons (Fsp3) is 0.278. The van der Waals surface area contributed by atoms with Gasteiger partial charge in [-0.15, -0.1) is 0 Å². The first kappa shape index (κ1) is 16.8. The van der Waals surface area contributed by atoms with E-state index in [1.54, 1.807) is 30.3 Å². The normalized spacial score (nSPS) is 13.2. The van der Waals surface area contributed by atoms with Crippen LogP contribution in [0, 0.1) is 0 Å². The van der Waals surface area contributed by atoms with Crippen LogP contribution in [0.25, 0.3) is 0 Å². The van der Waals surface area contributed by atoms with E-state index in [0.29, 0.717) is 29.6 Å². The maximum atomic E-state index is 12.3. The Balaban J connectivity index is 1.84. The van der Waals surface area contributed by atoms with Crippen LogP contribution in [0.3, 0.4) is 0 Å². The minimum Gasteiger partial charge on any atom is -0.480 e. The zero-order valence-corrected chi connectivity index (χ0v) is 13.9. The number of amides is 1. The number of rotatable bonds is 5. The molecular formula is C18H19N3O4. The molecular weight excluding hydrogens is 322 g/mol. The van der Waals surface area contributed by atoms with Crippen molar-refractivity contribution in [3.05, 3.63) is 47.5 Å². The van der Waals surface area contributed by atoms with Crippen molar-refractivity contribution in [3.63, 3.8) is 0 Å². The molecule has 0 saturated carbocycles. The van der Waals surface area contributed by atoms with E-state index in [4.69, 9.17) is 15.2 Å². The molecule has 1 aromatic heterocycles. The number of pyridine rings is 1. The van der Waals surface area contributed by atoms with Crippen molar-refractivity contribution in [1.29, 1.82) is 0 Å². The predicted octanol–water partition coefficient (Wildman–Crippen LogP) is 2.16. The molecule has 3 rings (SSSR count). The van der Waals surface area contributed by atoms with Crippen LogP contribution in [0.15, 0.2) is 36.4 Å². The molecule has 0 atom stereocenters. The third kappa shape index (κ3) is 3.71. The molecule has 0 radical (unpaired) electrons. The largest absolute Gasteiger partial charge is 0.480 e. The molecule has 1 amide bonds. The first-order valence-electron chi connectivity index (χ1n) is 8.04. The number of carbonyl (C=O) groups is 2. The van der Waals surface area contributed by atoms with Crippen LogP contribution in [-0.2, 0) is 16.1 Å². The third-order valence-corrected chi connectivity index (χ3v) is 3.71. The van der Waals surface area contributed by atoms with Crippen LogP contribution in [0.1, 0.15) is 29.3 Å². The standard InChI is InChI=1S/C18H19N3O4/c1-2-8-24-18(23)13-5-3-4-12(9-13)10-21-16(22)11-25-14-6-7-15(19)20-17(14)21/h3-7,9H,2,8,10-11H2,1H3,(H2,19,20). The van der Waals surface area contributed by atoms with E-state index in [2.05, 4.69) is 4.98 Å². The van der Waals surface area contributed by atoms with E-state index >= 15 is 0 Å². The lowest BCUT2D eigenvalue weighted by Crippen LogP contribution is -2.39. The van der Waals surface area contributed by atoms with Crippen LogP contribution in [0.5, 0.6) is 5.75 Å². The number of esters is 1. The van der Waals surface area contributed by atoms with Gasteiger partial charge in [0.2, 0.25) is 0 Å². The molecule has 25 heavy (non-hydrogen) atoms. The number of nitrogens with two attached hydrogens (primary N) is 1. The summed E-state index contributed by atoms with van der Waals surface area (Å²) in [5.74, 6) is 0.603. The van der Waals surface area contributed by atoms with Crippen LogP contribution < -0.4 is 15.4 Å². The zero-order chi connectivity index (χ0) is 17.8. The second-order valence-electron chi connectivity index (χ2n) is 5.66. The monoisotopic (exact) mass is 341 g/mol. The average molecular weight is 341 g/mol. The minimum atomic E-state index is -0.375. The highest BCUT2D eigenvalue weighted by Gasteiger charge is 2.27. The van der Waals surface area contributed by atoms with Gasteiger partial charge in [-0.3, -0.25) is 9.69 Å². The summed E-state index contributed by atoms with van der Waals surface area (Å²) in [7, 11) is 0. The number of ether oxygens (including phenoxy) is 2. The highest BCUT2D eigenvalue weighted by Crippen LogP contribution is 2.31. The summed E-state index contributed by atoms with van der Waals surface area (Å²) in [6, 6.07) is 10.3. The van der Waals surface area contributed by atoms with Gasteiger partial charge in [0, 0.05) is 0 Å². The molecule has 130 valence electrons. The molecule has 0 unspecified atom stereocenters. The molecule has 0 spiro atoms. The first-order valence-corrected chi connectivity index (χ1v) is 8.04. The number of aromatic nitrogens is 1. The first-order chi connectivity index (χ1) is 12.1. The van der Waals surface area contributed by atoms with Gasteiger partial charge in [-0.05, 0) is 36.2 Å². The molecule has 7 heteroatoms. The van der Waals surface area contributed by atoms with Gasteiger partial charge in [0.1, 0.15) is 5.82 Å². The van der Waals surface area contributed by atoms with Gasteiger partial charge in [0.15, 0.2) is 18.2 Å². The Labute approximate surface area is 145 Å². The van der Waals surface area contributed by atoms with E-state index in [9.17, 15) is 9.59 Å². The highest BCUT2D eigenvalue weighted by atomic mass is 16.5. The van der Waals surface area contributed by atoms with Gasteiger partial charge >= 0.3 is 5.97 Å². The molecule has 1 aliphatic heterocycles. The molecule has 0 bridgehead atoms. The number of benzene rings is 1. The Hall–Kier alpha value is -3.09. The molecule has 0 aliphatic carbocycles. The van der Waals surface area contributed by atoms with Gasteiger partial charge in [-0.2, -0.15) is 0 Å². The maximum absolute atomic E-state index is 12.3. The van der Waals surface area contributed by atoms with Crippen LogP contribution in [-0.4, -0.2) is 30.1 Å². The Bertz CT molecular complexity index is 807. The van der Waals surface area contributed by atoms with Gasteiger partial charge in [0.05, 0.1) is 18.7 Å². The van der Waals surface area contributed by atoms with E-state index in [0.717, 1.165) is 12.0 Å². The molecule has 2 N–H and O–H groups in total. The SMILES string of the molecule is CCCOC(=O)c1cccc(CN2C(=O)COc3ccc(N)nc32)c1.